The molecule has 0 radical (unpaired) electrons. The van der Waals surface area contributed by atoms with Gasteiger partial charge in [0, 0.05) is 17.9 Å². The van der Waals surface area contributed by atoms with Crippen LogP contribution < -0.4 is 5.32 Å². The zero-order valence-corrected chi connectivity index (χ0v) is 15.2. The first kappa shape index (κ1) is 16.6. The molecule has 2 aliphatic carbocycles. The zero-order valence-electron chi connectivity index (χ0n) is 14.4. The van der Waals surface area contributed by atoms with E-state index >= 15 is 0 Å². The van der Waals surface area contributed by atoms with Crippen molar-refractivity contribution in [1.29, 1.82) is 0 Å². The van der Waals surface area contributed by atoms with E-state index in [1.807, 2.05) is 19.1 Å². The number of benzene rings is 1. The van der Waals surface area contributed by atoms with E-state index in [1.165, 1.54) is 5.56 Å². The van der Waals surface area contributed by atoms with Crippen molar-refractivity contribution < 1.29 is 9.59 Å². The minimum absolute atomic E-state index is 0.100. The lowest BCUT2D eigenvalue weighted by atomic mass is 9.68. The molecule has 2 fully saturated rings. The minimum Gasteiger partial charge on any atom is -0.325 e. The molecule has 124 valence electrons. The first-order valence-corrected chi connectivity index (χ1v) is 9.66. The van der Waals surface area contributed by atoms with Gasteiger partial charge in [0.25, 0.3) is 0 Å². The quantitative estimate of drug-likeness (QED) is 0.841. The van der Waals surface area contributed by atoms with E-state index in [-0.39, 0.29) is 17.1 Å². The molecule has 2 saturated carbocycles. The molecule has 3 nitrogen and oxygen atoms in total. The number of carbonyl (C=O) groups is 2. The summed E-state index contributed by atoms with van der Waals surface area (Å²) in [4.78, 5) is 25.7. The number of anilines is 1. The highest BCUT2D eigenvalue weighted by Gasteiger charge is 2.68. The number of amides is 1. The van der Waals surface area contributed by atoms with Crippen LogP contribution in [0.3, 0.4) is 0 Å². The van der Waals surface area contributed by atoms with Crippen molar-refractivity contribution in [2.24, 2.45) is 16.7 Å². The maximum absolute atomic E-state index is 13.1. The van der Waals surface area contributed by atoms with Gasteiger partial charge in [0.1, 0.15) is 11.2 Å². The summed E-state index contributed by atoms with van der Waals surface area (Å²) in [5.41, 5.74) is 2.10. The van der Waals surface area contributed by atoms with Crippen LogP contribution in [0.25, 0.3) is 0 Å². The lowest BCUT2D eigenvalue weighted by Gasteiger charge is -2.35. The molecule has 23 heavy (non-hydrogen) atoms. The van der Waals surface area contributed by atoms with Gasteiger partial charge in [-0.25, -0.2) is 0 Å². The lowest BCUT2D eigenvalue weighted by molar-refractivity contribution is -0.141. The topological polar surface area (TPSA) is 46.2 Å². The third kappa shape index (κ3) is 2.25. The number of fused-ring (bicyclic) bond motifs is 2. The Labute approximate surface area is 142 Å². The normalized spacial score (nSPS) is 28.2. The van der Waals surface area contributed by atoms with Crippen molar-refractivity contribution >= 4 is 29.1 Å². The molecule has 1 amide bonds. The first-order valence-electron chi connectivity index (χ1n) is 8.27. The Morgan fingerprint density at radius 2 is 2.13 bits per heavy atom. The van der Waals surface area contributed by atoms with Gasteiger partial charge in [-0.2, -0.15) is 11.8 Å². The summed E-state index contributed by atoms with van der Waals surface area (Å²) >= 11 is 1.77. The van der Waals surface area contributed by atoms with Crippen molar-refractivity contribution in [1.82, 2.24) is 0 Å². The van der Waals surface area contributed by atoms with Gasteiger partial charge in [0.2, 0.25) is 5.91 Å². The fourth-order valence-electron chi connectivity index (χ4n) is 4.57. The van der Waals surface area contributed by atoms with Gasteiger partial charge in [-0.1, -0.05) is 26.0 Å². The number of ketones is 1. The number of rotatable bonds is 4. The first-order chi connectivity index (χ1) is 10.8. The molecule has 2 atom stereocenters. The van der Waals surface area contributed by atoms with Crippen molar-refractivity contribution in [2.45, 2.75) is 45.8 Å². The van der Waals surface area contributed by atoms with Crippen LogP contribution in [0.1, 0.15) is 44.2 Å². The van der Waals surface area contributed by atoms with Gasteiger partial charge < -0.3 is 5.32 Å². The smallest absolute Gasteiger partial charge is 0.238 e. The van der Waals surface area contributed by atoms with Gasteiger partial charge in [-0.15, -0.1) is 0 Å². The predicted molar refractivity (Wildman–Crippen MR) is 95.6 cm³/mol. The summed E-state index contributed by atoms with van der Waals surface area (Å²) in [5.74, 6) is 1.31. The molecule has 0 aromatic heterocycles. The van der Waals surface area contributed by atoms with E-state index in [1.54, 1.807) is 11.8 Å². The second kappa shape index (κ2) is 5.66. The molecule has 1 N–H and O–H groups in total. The molecule has 4 heteroatoms. The number of hydrogen-bond acceptors (Lipinski definition) is 3. The van der Waals surface area contributed by atoms with Crippen LogP contribution in [-0.2, 0) is 15.3 Å². The molecular formula is C19H25NO2S. The van der Waals surface area contributed by atoms with Crippen LogP contribution in [0, 0.1) is 23.7 Å². The van der Waals surface area contributed by atoms with E-state index in [0.29, 0.717) is 18.8 Å². The van der Waals surface area contributed by atoms with Gasteiger partial charge in [0.05, 0.1) is 0 Å². The standard InChI is InChI=1S/C19H25NO2S/c1-12-13(11-23-4)6-5-7-15(12)20-17(22)19-9-8-14(10-16(19)21)18(19,2)3/h5-7,14H,8-11H2,1-4H3,(H,20,22). The van der Waals surface area contributed by atoms with Crippen LogP contribution in [0.2, 0.25) is 0 Å². The van der Waals surface area contributed by atoms with Crippen molar-refractivity contribution in [3.8, 4) is 0 Å². The van der Waals surface area contributed by atoms with Crippen LogP contribution >= 0.6 is 11.8 Å². The fourth-order valence-corrected chi connectivity index (χ4v) is 5.19. The lowest BCUT2D eigenvalue weighted by Crippen LogP contribution is -2.46. The third-order valence-corrected chi connectivity index (χ3v) is 6.88. The largest absolute Gasteiger partial charge is 0.325 e. The second-order valence-electron chi connectivity index (χ2n) is 7.47. The van der Waals surface area contributed by atoms with E-state index in [0.717, 1.165) is 23.4 Å². The molecule has 2 unspecified atom stereocenters. The number of Topliss-reactive ketones (excluding diaryl/α,β-unsaturated/α-hetero) is 1. The highest BCUT2D eigenvalue weighted by molar-refractivity contribution is 7.97. The van der Waals surface area contributed by atoms with E-state index < -0.39 is 5.41 Å². The molecular weight excluding hydrogens is 306 g/mol. The summed E-state index contributed by atoms with van der Waals surface area (Å²) in [7, 11) is 0. The Kier molecular flexibility index (Phi) is 4.07. The van der Waals surface area contributed by atoms with Crippen molar-refractivity contribution in [2.75, 3.05) is 11.6 Å². The van der Waals surface area contributed by atoms with E-state index in [2.05, 4.69) is 31.5 Å². The molecule has 0 spiro atoms. The Balaban J connectivity index is 1.91. The summed E-state index contributed by atoms with van der Waals surface area (Å²) in [5, 5.41) is 3.09. The van der Waals surface area contributed by atoms with Gasteiger partial charge in [-0.05, 0) is 54.5 Å². The predicted octanol–water partition coefficient (Wildman–Crippen LogP) is 4.19. The maximum Gasteiger partial charge on any atom is 0.238 e. The molecule has 1 aromatic rings. The monoisotopic (exact) mass is 331 g/mol. The average molecular weight is 331 g/mol. The van der Waals surface area contributed by atoms with Gasteiger partial charge in [0.15, 0.2) is 0 Å². The van der Waals surface area contributed by atoms with E-state index in [9.17, 15) is 9.59 Å². The second-order valence-corrected chi connectivity index (χ2v) is 8.33. The summed E-state index contributed by atoms with van der Waals surface area (Å²) in [6.45, 7) is 6.22. The van der Waals surface area contributed by atoms with E-state index in [4.69, 9.17) is 0 Å². The molecule has 0 aliphatic heterocycles. The summed E-state index contributed by atoms with van der Waals surface area (Å²) in [6.07, 6.45) is 4.31. The molecule has 3 rings (SSSR count). The Hall–Kier alpha value is -1.29. The molecule has 0 saturated heterocycles. The third-order valence-electron chi connectivity index (χ3n) is 6.28. The summed E-state index contributed by atoms with van der Waals surface area (Å²) in [6, 6.07) is 6.01. The van der Waals surface area contributed by atoms with Crippen molar-refractivity contribution in [3.63, 3.8) is 0 Å². The summed E-state index contributed by atoms with van der Waals surface area (Å²) < 4.78 is 0. The maximum atomic E-state index is 13.1. The zero-order chi connectivity index (χ0) is 16.8. The fraction of sp³-hybridized carbons (Fsp3) is 0.579. The van der Waals surface area contributed by atoms with Gasteiger partial charge in [-0.3, -0.25) is 9.59 Å². The highest BCUT2D eigenvalue weighted by Crippen LogP contribution is 2.64. The molecule has 0 heterocycles. The highest BCUT2D eigenvalue weighted by atomic mass is 32.2. The SMILES string of the molecule is CSCc1cccc(NC(=O)C23CCC(CC2=O)C3(C)C)c1C. The molecule has 1 aromatic carbocycles. The number of hydrogen-bond donors (Lipinski definition) is 1. The Morgan fingerprint density at radius 3 is 2.70 bits per heavy atom. The van der Waals surface area contributed by atoms with Crippen molar-refractivity contribution in [3.05, 3.63) is 29.3 Å². The van der Waals surface area contributed by atoms with Crippen LogP contribution in [0.15, 0.2) is 18.2 Å². The minimum atomic E-state index is -0.834. The van der Waals surface area contributed by atoms with Gasteiger partial charge >= 0.3 is 0 Å². The number of carbonyl (C=O) groups excluding carboxylic acids is 2. The molecule has 2 aliphatic rings. The van der Waals surface area contributed by atoms with Crippen LogP contribution in [0.4, 0.5) is 5.69 Å². The molecule has 2 bridgehead atoms. The average Bonchev–Trinajstić information content (AvgIpc) is 2.86. The Bertz CT molecular complexity index is 667. The Morgan fingerprint density at radius 1 is 1.39 bits per heavy atom. The van der Waals surface area contributed by atoms with Crippen LogP contribution in [-0.4, -0.2) is 17.9 Å². The van der Waals surface area contributed by atoms with Crippen LogP contribution in [0.5, 0.6) is 0 Å². The number of nitrogens with one attached hydrogen (secondary N) is 1. The number of thioether (sulfide) groups is 1.